The maximum atomic E-state index is 12.8. The topological polar surface area (TPSA) is 120 Å². The Balaban J connectivity index is 1.24. The van der Waals surface area contributed by atoms with Gasteiger partial charge in [-0.05, 0) is 42.7 Å². The molecular weight excluding hydrogens is 450 g/mol. The van der Waals surface area contributed by atoms with Crippen molar-refractivity contribution in [3.63, 3.8) is 0 Å². The number of carbonyl (C=O) groups excluding carboxylic acids is 1. The van der Waals surface area contributed by atoms with Gasteiger partial charge in [0.15, 0.2) is 17.1 Å². The molecule has 0 atom stereocenters. The number of aromatic nitrogens is 1. The minimum absolute atomic E-state index is 0.0624. The molecular formula is C22H23N3O7S. The Kier molecular flexibility index (Phi) is 5.59. The van der Waals surface area contributed by atoms with Gasteiger partial charge in [-0.2, -0.15) is 4.31 Å². The van der Waals surface area contributed by atoms with Crippen LogP contribution in [0.4, 0.5) is 0 Å². The third-order valence-electron chi connectivity index (χ3n) is 5.83. The van der Waals surface area contributed by atoms with Crippen LogP contribution in [-0.2, 0) is 27.9 Å². The van der Waals surface area contributed by atoms with Crippen LogP contribution >= 0.6 is 0 Å². The first kappa shape index (κ1) is 21.5. The number of hydrogen-bond donors (Lipinski definition) is 1. The van der Waals surface area contributed by atoms with Crippen molar-refractivity contribution in [2.75, 3.05) is 19.9 Å². The zero-order valence-corrected chi connectivity index (χ0v) is 18.6. The summed E-state index contributed by atoms with van der Waals surface area (Å²) < 4.78 is 44.2. The first-order valence-electron chi connectivity index (χ1n) is 10.7. The number of carbonyl (C=O) groups is 1. The second-order valence-electron chi connectivity index (χ2n) is 7.97. The Morgan fingerprint density at radius 3 is 2.64 bits per heavy atom. The molecule has 11 heteroatoms. The lowest BCUT2D eigenvalue weighted by atomic mass is 10.2. The standard InChI is InChI=1S/C22H23N3O7S/c26-21(23-13-15-3-6-18-20(11-15)31-14-30-18)7-10-25-17-5-4-16(12-19(17)32-22(25)27)33(28,29)24-8-1-2-9-24/h3-6,11-12H,1-2,7-10,13-14H2,(H,23,26). The predicted octanol–water partition coefficient (Wildman–Crippen LogP) is 1.81. The highest BCUT2D eigenvalue weighted by Crippen LogP contribution is 2.32. The van der Waals surface area contributed by atoms with E-state index in [2.05, 4.69) is 5.32 Å². The summed E-state index contributed by atoms with van der Waals surface area (Å²) in [7, 11) is -3.62. The van der Waals surface area contributed by atoms with Crippen molar-refractivity contribution < 1.29 is 27.1 Å². The fourth-order valence-corrected chi connectivity index (χ4v) is 5.58. The summed E-state index contributed by atoms with van der Waals surface area (Å²) in [5.74, 6) is 0.448. The summed E-state index contributed by atoms with van der Waals surface area (Å²) in [5, 5.41) is 2.81. The molecule has 5 rings (SSSR count). The van der Waals surface area contributed by atoms with E-state index in [1.165, 1.54) is 21.0 Å². The minimum atomic E-state index is -3.62. The van der Waals surface area contributed by atoms with Crippen LogP contribution in [0.25, 0.3) is 11.1 Å². The van der Waals surface area contributed by atoms with E-state index in [4.69, 9.17) is 13.9 Å². The average molecular weight is 474 g/mol. The molecule has 1 N–H and O–H groups in total. The molecule has 0 unspecified atom stereocenters. The summed E-state index contributed by atoms with van der Waals surface area (Å²) >= 11 is 0. The molecule has 0 radical (unpaired) electrons. The van der Waals surface area contributed by atoms with E-state index in [1.807, 2.05) is 12.1 Å². The van der Waals surface area contributed by atoms with Crippen molar-refractivity contribution in [2.24, 2.45) is 0 Å². The highest BCUT2D eigenvalue weighted by Gasteiger charge is 2.28. The molecule has 3 heterocycles. The summed E-state index contributed by atoms with van der Waals surface area (Å²) in [4.78, 5) is 24.8. The number of oxazole rings is 1. The molecule has 3 aromatic rings. The lowest BCUT2D eigenvalue weighted by Crippen LogP contribution is -2.27. The van der Waals surface area contributed by atoms with Crippen molar-refractivity contribution >= 4 is 27.0 Å². The second-order valence-corrected chi connectivity index (χ2v) is 9.91. The van der Waals surface area contributed by atoms with E-state index in [1.54, 1.807) is 12.1 Å². The third kappa shape index (κ3) is 4.21. The minimum Gasteiger partial charge on any atom is -0.454 e. The fourth-order valence-electron chi connectivity index (χ4n) is 4.05. The maximum absolute atomic E-state index is 12.8. The first-order chi connectivity index (χ1) is 15.9. The van der Waals surface area contributed by atoms with Crippen molar-refractivity contribution in [1.82, 2.24) is 14.2 Å². The number of rotatable bonds is 7. The van der Waals surface area contributed by atoms with Gasteiger partial charge < -0.3 is 19.2 Å². The Morgan fingerprint density at radius 1 is 1.03 bits per heavy atom. The molecule has 0 bridgehead atoms. The number of amides is 1. The summed E-state index contributed by atoms with van der Waals surface area (Å²) in [6.45, 7) is 1.59. The molecule has 174 valence electrons. The lowest BCUT2D eigenvalue weighted by Gasteiger charge is -2.15. The highest BCUT2D eigenvalue weighted by molar-refractivity contribution is 7.89. The van der Waals surface area contributed by atoms with Crippen LogP contribution < -0.4 is 20.5 Å². The smallest absolute Gasteiger partial charge is 0.419 e. The van der Waals surface area contributed by atoms with Crippen molar-refractivity contribution in [2.45, 2.75) is 37.2 Å². The molecule has 1 amide bonds. The molecule has 2 aliphatic rings. The second kappa shape index (κ2) is 8.56. The van der Waals surface area contributed by atoms with Gasteiger partial charge in [-0.3, -0.25) is 9.36 Å². The summed E-state index contributed by atoms with van der Waals surface area (Å²) in [5.41, 5.74) is 1.50. The van der Waals surface area contributed by atoms with Crippen LogP contribution in [0.3, 0.4) is 0 Å². The van der Waals surface area contributed by atoms with E-state index in [0.717, 1.165) is 18.4 Å². The molecule has 0 aliphatic carbocycles. The molecule has 10 nitrogen and oxygen atoms in total. The Morgan fingerprint density at radius 2 is 1.82 bits per heavy atom. The molecule has 2 aliphatic heterocycles. The normalized spacial score (nSPS) is 15.9. The van der Waals surface area contributed by atoms with Gasteiger partial charge in [-0.25, -0.2) is 13.2 Å². The quantitative estimate of drug-likeness (QED) is 0.556. The van der Waals surface area contributed by atoms with Crippen molar-refractivity contribution in [3.8, 4) is 11.5 Å². The average Bonchev–Trinajstić information content (AvgIpc) is 3.55. The SMILES string of the molecule is O=C(CCn1c(=O)oc2cc(S(=O)(=O)N3CCCC3)ccc21)NCc1ccc2c(c1)OCO2. The van der Waals surface area contributed by atoms with Crippen molar-refractivity contribution in [3.05, 3.63) is 52.5 Å². The molecule has 1 fully saturated rings. The third-order valence-corrected chi connectivity index (χ3v) is 7.73. The molecule has 2 aromatic carbocycles. The van der Waals surface area contributed by atoms with Gasteiger partial charge in [-0.1, -0.05) is 6.07 Å². The highest BCUT2D eigenvalue weighted by atomic mass is 32.2. The molecule has 0 saturated carbocycles. The number of sulfonamides is 1. The van der Waals surface area contributed by atoms with Crippen LogP contribution in [0.2, 0.25) is 0 Å². The van der Waals surface area contributed by atoms with Gasteiger partial charge in [0, 0.05) is 38.7 Å². The Labute approximate surface area is 189 Å². The largest absolute Gasteiger partial charge is 0.454 e. The molecule has 33 heavy (non-hydrogen) atoms. The van der Waals surface area contributed by atoms with Gasteiger partial charge in [0.1, 0.15) is 0 Å². The number of benzene rings is 2. The lowest BCUT2D eigenvalue weighted by molar-refractivity contribution is -0.121. The van der Waals surface area contributed by atoms with Crippen LogP contribution in [-0.4, -0.2) is 43.1 Å². The van der Waals surface area contributed by atoms with E-state index in [9.17, 15) is 18.0 Å². The fraction of sp³-hybridized carbons (Fsp3) is 0.364. The van der Waals surface area contributed by atoms with E-state index in [-0.39, 0.29) is 36.1 Å². The number of nitrogens with one attached hydrogen (secondary N) is 1. The van der Waals surface area contributed by atoms with Gasteiger partial charge in [0.05, 0.1) is 10.4 Å². The van der Waals surface area contributed by atoms with Gasteiger partial charge in [-0.15, -0.1) is 0 Å². The van der Waals surface area contributed by atoms with E-state index in [0.29, 0.717) is 36.6 Å². The van der Waals surface area contributed by atoms with Crippen LogP contribution in [0.5, 0.6) is 11.5 Å². The molecule has 1 saturated heterocycles. The number of hydrogen-bond acceptors (Lipinski definition) is 7. The predicted molar refractivity (Wildman–Crippen MR) is 117 cm³/mol. The van der Waals surface area contributed by atoms with Crippen LogP contribution in [0.1, 0.15) is 24.8 Å². The number of ether oxygens (including phenoxy) is 2. The van der Waals surface area contributed by atoms with Gasteiger partial charge in [0.25, 0.3) is 0 Å². The monoisotopic (exact) mass is 473 g/mol. The zero-order chi connectivity index (χ0) is 23.0. The molecule has 0 spiro atoms. The Bertz CT molecular complexity index is 1370. The zero-order valence-electron chi connectivity index (χ0n) is 17.8. The van der Waals surface area contributed by atoms with E-state index >= 15 is 0 Å². The van der Waals surface area contributed by atoms with Crippen LogP contribution in [0, 0.1) is 0 Å². The van der Waals surface area contributed by atoms with Gasteiger partial charge >= 0.3 is 5.76 Å². The van der Waals surface area contributed by atoms with E-state index < -0.39 is 15.8 Å². The Hall–Kier alpha value is -3.31. The summed E-state index contributed by atoms with van der Waals surface area (Å²) in [6, 6.07) is 9.84. The van der Waals surface area contributed by atoms with Crippen molar-refractivity contribution in [1.29, 1.82) is 0 Å². The van der Waals surface area contributed by atoms with Crippen LogP contribution in [0.15, 0.2) is 50.5 Å². The number of aryl methyl sites for hydroxylation is 1. The number of fused-ring (bicyclic) bond motifs is 2. The molecule has 1 aromatic heterocycles. The maximum Gasteiger partial charge on any atom is 0.419 e. The summed E-state index contributed by atoms with van der Waals surface area (Å²) in [6.07, 6.45) is 1.74. The number of nitrogens with zero attached hydrogens (tertiary/aromatic N) is 2. The first-order valence-corrected chi connectivity index (χ1v) is 12.1. The van der Waals surface area contributed by atoms with Gasteiger partial charge in [0.2, 0.25) is 22.7 Å².